The highest BCUT2D eigenvalue weighted by molar-refractivity contribution is 9.11. The van der Waals surface area contributed by atoms with Gasteiger partial charge in [-0.1, -0.05) is 6.07 Å². The smallest absolute Gasteiger partial charge is 0.265 e. The largest absolute Gasteiger partial charge is 0.320 e. The first-order chi connectivity index (χ1) is 8.47. The van der Waals surface area contributed by atoms with Crippen LogP contribution in [0.15, 0.2) is 32.5 Å². The van der Waals surface area contributed by atoms with Crippen molar-refractivity contribution in [3.8, 4) is 0 Å². The normalized spacial score (nSPS) is 10.4. The van der Waals surface area contributed by atoms with E-state index in [1.807, 2.05) is 38.1 Å². The van der Waals surface area contributed by atoms with Gasteiger partial charge in [0.1, 0.15) is 0 Å². The Morgan fingerprint density at radius 2 is 1.94 bits per heavy atom. The molecule has 94 valence electrons. The molecule has 1 N–H and O–H groups in total. The molecule has 0 atom stereocenters. The van der Waals surface area contributed by atoms with Gasteiger partial charge < -0.3 is 5.32 Å². The van der Waals surface area contributed by atoms with E-state index in [1.165, 1.54) is 11.3 Å². The van der Waals surface area contributed by atoms with Crippen LogP contribution in [-0.4, -0.2) is 5.91 Å². The summed E-state index contributed by atoms with van der Waals surface area (Å²) in [5.74, 6) is -0.0849. The van der Waals surface area contributed by atoms with Crippen LogP contribution >= 0.6 is 43.2 Å². The van der Waals surface area contributed by atoms with Crippen molar-refractivity contribution in [2.45, 2.75) is 13.8 Å². The highest BCUT2D eigenvalue weighted by atomic mass is 79.9. The molecule has 0 spiro atoms. The molecule has 5 heteroatoms. The monoisotopic (exact) mass is 387 g/mol. The van der Waals surface area contributed by atoms with E-state index in [0.29, 0.717) is 4.88 Å². The number of carbonyl (C=O) groups is 1. The minimum atomic E-state index is -0.0849. The van der Waals surface area contributed by atoms with Gasteiger partial charge in [0.25, 0.3) is 5.91 Å². The lowest BCUT2D eigenvalue weighted by Gasteiger charge is -2.06. The molecule has 0 unspecified atom stereocenters. The molecular weight excluding hydrogens is 378 g/mol. The number of aryl methyl sites for hydroxylation is 2. The highest BCUT2D eigenvalue weighted by Gasteiger charge is 2.12. The topological polar surface area (TPSA) is 29.1 Å². The molecule has 0 aliphatic heterocycles. The van der Waals surface area contributed by atoms with Crippen molar-refractivity contribution in [2.24, 2.45) is 0 Å². The summed E-state index contributed by atoms with van der Waals surface area (Å²) in [6.45, 7) is 3.98. The van der Waals surface area contributed by atoms with E-state index in [-0.39, 0.29) is 5.91 Å². The van der Waals surface area contributed by atoms with Crippen LogP contribution < -0.4 is 5.32 Å². The van der Waals surface area contributed by atoms with Crippen LogP contribution in [0.1, 0.15) is 20.8 Å². The fourth-order valence-electron chi connectivity index (χ4n) is 1.48. The molecule has 0 saturated carbocycles. The molecule has 18 heavy (non-hydrogen) atoms. The fraction of sp³-hybridized carbons (Fsp3) is 0.154. The molecule has 0 radical (unpaired) electrons. The molecule has 1 heterocycles. The van der Waals surface area contributed by atoms with Crippen LogP contribution in [0.4, 0.5) is 5.69 Å². The molecule has 0 saturated heterocycles. The van der Waals surface area contributed by atoms with Crippen molar-refractivity contribution in [3.05, 3.63) is 48.5 Å². The number of halogens is 2. The Morgan fingerprint density at radius 1 is 1.22 bits per heavy atom. The minimum absolute atomic E-state index is 0.0849. The summed E-state index contributed by atoms with van der Waals surface area (Å²) in [5.41, 5.74) is 3.01. The van der Waals surface area contributed by atoms with Gasteiger partial charge in [-0.05, 0) is 75.0 Å². The summed E-state index contributed by atoms with van der Waals surface area (Å²) < 4.78 is 1.89. The zero-order valence-electron chi connectivity index (χ0n) is 9.88. The first-order valence-electron chi connectivity index (χ1n) is 5.31. The lowest BCUT2D eigenvalue weighted by atomic mass is 10.2. The Hall–Kier alpha value is -0.650. The van der Waals surface area contributed by atoms with E-state index in [1.54, 1.807) is 0 Å². The third-order valence-corrected chi connectivity index (χ3v) is 5.25. The minimum Gasteiger partial charge on any atom is -0.320 e. The SMILES string of the molecule is Cc1ccc(NC(=O)c2cc(C)c(Br)s2)c(Br)c1. The standard InChI is InChI=1S/C13H11Br2NOS/c1-7-3-4-10(9(14)5-7)16-13(17)11-6-8(2)12(15)18-11/h3-6H,1-2H3,(H,16,17). The summed E-state index contributed by atoms with van der Waals surface area (Å²) in [5, 5.41) is 2.90. The molecular formula is C13H11Br2NOS. The van der Waals surface area contributed by atoms with Crippen LogP contribution in [0.2, 0.25) is 0 Å². The number of carbonyl (C=O) groups excluding carboxylic acids is 1. The van der Waals surface area contributed by atoms with E-state index < -0.39 is 0 Å². The number of nitrogens with one attached hydrogen (secondary N) is 1. The number of benzene rings is 1. The van der Waals surface area contributed by atoms with Gasteiger partial charge in [-0.25, -0.2) is 0 Å². The first kappa shape index (κ1) is 13.8. The third-order valence-electron chi connectivity index (χ3n) is 2.45. The Kier molecular flexibility index (Phi) is 4.25. The van der Waals surface area contributed by atoms with Gasteiger partial charge in [-0.2, -0.15) is 0 Å². The second kappa shape index (κ2) is 5.55. The molecule has 2 rings (SSSR count). The summed E-state index contributed by atoms with van der Waals surface area (Å²) in [6, 6.07) is 7.72. The number of hydrogen-bond donors (Lipinski definition) is 1. The average Bonchev–Trinajstić information content (AvgIpc) is 2.63. The summed E-state index contributed by atoms with van der Waals surface area (Å²) >= 11 is 8.31. The van der Waals surface area contributed by atoms with Gasteiger partial charge in [0.2, 0.25) is 0 Å². The van der Waals surface area contributed by atoms with Crippen LogP contribution in [0.3, 0.4) is 0 Å². The van der Waals surface area contributed by atoms with Crippen molar-refractivity contribution >= 4 is 54.8 Å². The molecule has 2 aromatic rings. The second-order valence-electron chi connectivity index (χ2n) is 4.00. The molecule has 1 aromatic carbocycles. The van der Waals surface area contributed by atoms with Gasteiger partial charge in [-0.3, -0.25) is 4.79 Å². The Labute approximate surface area is 127 Å². The van der Waals surface area contributed by atoms with Crippen LogP contribution in [0, 0.1) is 13.8 Å². The summed E-state index contributed by atoms with van der Waals surface area (Å²) in [6.07, 6.45) is 0. The maximum Gasteiger partial charge on any atom is 0.265 e. The number of amides is 1. The molecule has 1 amide bonds. The zero-order chi connectivity index (χ0) is 13.3. The van der Waals surface area contributed by atoms with E-state index >= 15 is 0 Å². The molecule has 0 fully saturated rings. The number of hydrogen-bond acceptors (Lipinski definition) is 2. The first-order valence-corrected chi connectivity index (χ1v) is 7.71. The van der Waals surface area contributed by atoms with Crippen molar-refractivity contribution in [3.63, 3.8) is 0 Å². The average molecular weight is 389 g/mol. The van der Waals surface area contributed by atoms with E-state index in [9.17, 15) is 4.79 Å². The fourth-order valence-corrected chi connectivity index (χ4v) is 3.50. The van der Waals surface area contributed by atoms with Crippen molar-refractivity contribution < 1.29 is 4.79 Å². The van der Waals surface area contributed by atoms with Gasteiger partial charge in [-0.15, -0.1) is 11.3 Å². The maximum absolute atomic E-state index is 12.1. The van der Waals surface area contributed by atoms with Crippen molar-refractivity contribution in [2.75, 3.05) is 5.32 Å². The lowest BCUT2D eigenvalue weighted by Crippen LogP contribution is -2.10. The highest BCUT2D eigenvalue weighted by Crippen LogP contribution is 2.29. The van der Waals surface area contributed by atoms with E-state index in [4.69, 9.17) is 0 Å². The zero-order valence-corrected chi connectivity index (χ0v) is 13.9. The summed E-state index contributed by atoms with van der Waals surface area (Å²) in [7, 11) is 0. The molecule has 0 bridgehead atoms. The maximum atomic E-state index is 12.1. The van der Waals surface area contributed by atoms with Crippen molar-refractivity contribution in [1.29, 1.82) is 0 Å². The second-order valence-corrected chi connectivity index (χ2v) is 7.23. The van der Waals surface area contributed by atoms with E-state index in [0.717, 1.165) is 25.1 Å². The molecule has 0 aliphatic carbocycles. The van der Waals surface area contributed by atoms with Gasteiger partial charge >= 0.3 is 0 Å². The predicted molar refractivity (Wildman–Crippen MR) is 83.6 cm³/mol. The Bertz CT molecular complexity index is 588. The van der Waals surface area contributed by atoms with Crippen molar-refractivity contribution in [1.82, 2.24) is 0 Å². The summed E-state index contributed by atoms with van der Waals surface area (Å²) in [4.78, 5) is 12.8. The third kappa shape index (κ3) is 3.02. The van der Waals surface area contributed by atoms with Crippen LogP contribution in [-0.2, 0) is 0 Å². The molecule has 2 nitrogen and oxygen atoms in total. The predicted octanol–water partition coefficient (Wildman–Crippen LogP) is 5.14. The van der Waals surface area contributed by atoms with Gasteiger partial charge in [0, 0.05) is 4.47 Å². The lowest BCUT2D eigenvalue weighted by molar-refractivity contribution is 0.103. The number of thiophene rings is 1. The van der Waals surface area contributed by atoms with Crippen LogP contribution in [0.5, 0.6) is 0 Å². The van der Waals surface area contributed by atoms with E-state index in [2.05, 4.69) is 37.2 Å². The molecule has 0 aliphatic rings. The number of rotatable bonds is 2. The quantitative estimate of drug-likeness (QED) is 0.757. The molecule has 1 aromatic heterocycles. The number of anilines is 1. The van der Waals surface area contributed by atoms with Crippen LogP contribution in [0.25, 0.3) is 0 Å². The van der Waals surface area contributed by atoms with Gasteiger partial charge in [0.05, 0.1) is 14.4 Å². The Morgan fingerprint density at radius 3 is 2.50 bits per heavy atom. The van der Waals surface area contributed by atoms with Gasteiger partial charge in [0.15, 0.2) is 0 Å². The Balaban J connectivity index is 2.21.